The van der Waals surface area contributed by atoms with E-state index in [1.54, 1.807) is 18.9 Å². The van der Waals surface area contributed by atoms with Gasteiger partial charge in [-0.05, 0) is 30.7 Å². The number of thioether (sulfide) groups is 1. The molecule has 0 atom stereocenters. The minimum absolute atomic E-state index is 0.174. The van der Waals surface area contributed by atoms with Crippen molar-refractivity contribution in [3.63, 3.8) is 0 Å². The number of ether oxygens (including phenoxy) is 1. The first kappa shape index (κ1) is 19.9. The molecule has 3 rings (SSSR count). The summed E-state index contributed by atoms with van der Waals surface area (Å²) in [5, 5.41) is 9.53. The van der Waals surface area contributed by atoms with Gasteiger partial charge >= 0.3 is 0 Å². The lowest BCUT2D eigenvalue weighted by molar-refractivity contribution is 0.0982. The summed E-state index contributed by atoms with van der Waals surface area (Å²) >= 11 is 1.61. The van der Waals surface area contributed by atoms with Crippen molar-refractivity contribution < 1.29 is 9.53 Å². The lowest BCUT2D eigenvalue weighted by atomic mass is 10.1. The highest BCUT2D eigenvalue weighted by Crippen LogP contribution is 2.26. The van der Waals surface area contributed by atoms with Crippen molar-refractivity contribution in [1.82, 2.24) is 14.8 Å². The van der Waals surface area contributed by atoms with Gasteiger partial charge in [-0.3, -0.25) is 9.36 Å². The molecule has 2 aromatic carbocycles. The van der Waals surface area contributed by atoms with Gasteiger partial charge in [-0.15, -0.1) is 16.8 Å². The van der Waals surface area contributed by atoms with Crippen LogP contribution in [-0.2, 0) is 6.54 Å². The van der Waals surface area contributed by atoms with Gasteiger partial charge in [0.1, 0.15) is 5.75 Å². The Hall–Kier alpha value is -2.86. The van der Waals surface area contributed by atoms with Crippen LogP contribution in [0, 0.1) is 0 Å². The Bertz CT molecular complexity index is 921. The lowest BCUT2D eigenvalue weighted by Crippen LogP contribution is -2.02. The average molecular weight is 394 g/mol. The van der Waals surface area contributed by atoms with Crippen LogP contribution in [0.4, 0.5) is 0 Å². The minimum atomic E-state index is 0.174. The van der Waals surface area contributed by atoms with Gasteiger partial charge in [0.15, 0.2) is 16.8 Å². The molecule has 5 nitrogen and oxygen atoms in total. The average Bonchev–Trinajstić information content (AvgIpc) is 3.14. The maximum atomic E-state index is 12.2. The zero-order valence-corrected chi connectivity index (χ0v) is 16.7. The summed E-state index contributed by atoms with van der Waals surface area (Å²) in [6.07, 6.45) is 3.15. The van der Waals surface area contributed by atoms with E-state index in [0.29, 0.717) is 13.0 Å². The number of rotatable bonds is 10. The van der Waals surface area contributed by atoms with E-state index in [9.17, 15) is 4.79 Å². The van der Waals surface area contributed by atoms with Crippen LogP contribution in [-0.4, -0.2) is 33.4 Å². The van der Waals surface area contributed by atoms with E-state index in [1.165, 1.54) is 0 Å². The highest BCUT2D eigenvalue weighted by Gasteiger charge is 2.14. The van der Waals surface area contributed by atoms with E-state index in [0.717, 1.165) is 40.0 Å². The fourth-order valence-corrected chi connectivity index (χ4v) is 3.69. The molecule has 0 amide bonds. The lowest BCUT2D eigenvalue weighted by Gasteiger charge is -2.08. The van der Waals surface area contributed by atoms with Crippen molar-refractivity contribution in [2.75, 3.05) is 12.9 Å². The second kappa shape index (κ2) is 9.90. The topological polar surface area (TPSA) is 57.0 Å². The van der Waals surface area contributed by atoms with E-state index in [2.05, 4.69) is 16.8 Å². The zero-order valence-electron chi connectivity index (χ0n) is 15.9. The smallest absolute Gasteiger partial charge is 0.191 e. The fraction of sp³-hybridized carbons (Fsp3) is 0.227. The highest BCUT2D eigenvalue weighted by molar-refractivity contribution is 7.99. The SMILES string of the molecule is C=CCn1c(SCCCC(=O)c2ccccc2)nnc1-c1ccc(OC)cc1. The van der Waals surface area contributed by atoms with E-state index in [1.807, 2.05) is 65.2 Å². The Balaban J connectivity index is 1.63. The van der Waals surface area contributed by atoms with Crippen molar-refractivity contribution >= 4 is 17.5 Å². The quantitative estimate of drug-likeness (QED) is 0.212. The third-order valence-corrected chi connectivity index (χ3v) is 5.30. The van der Waals surface area contributed by atoms with Crippen LogP contribution in [0.25, 0.3) is 11.4 Å². The predicted octanol–water partition coefficient (Wildman–Crippen LogP) is 4.89. The van der Waals surface area contributed by atoms with Crippen LogP contribution < -0.4 is 4.74 Å². The molecule has 0 radical (unpaired) electrons. The molecule has 28 heavy (non-hydrogen) atoms. The molecule has 3 aromatic rings. The maximum absolute atomic E-state index is 12.2. The maximum Gasteiger partial charge on any atom is 0.191 e. The monoisotopic (exact) mass is 393 g/mol. The number of methoxy groups -OCH3 is 1. The molecular formula is C22H23N3O2S. The number of hydrogen-bond donors (Lipinski definition) is 0. The molecular weight excluding hydrogens is 370 g/mol. The van der Waals surface area contributed by atoms with E-state index in [4.69, 9.17) is 4.74 Å². The minimum Gasteiger partial charge on any atom is -0.497 e. The fourth-order valence-electron chi connectivity index (χ4n) is 2.81. The van der Waals surface area contributed by atoms with Crippen molar-refractivity contribution in [3.8, 4) is 17.1 Å². The van der Waals surface area contributed by atoms with Crippen molar-refractivity contribution in [1.29, 1.82) is 0 Å². The van der Waals surface area contributed by atoms with Crippen molar-refractivity contribution in [2.24, 2.45) is 0 Å². The molecule has 0 aliphatic carbocycles. The molecule has 0 N–H and O–H groups in total. The van der Waals surface area contributed by atoms with E-state index < -0.39 is 0 Å². The molecule has 6 heteroatoms. The summed E-state index contributed by atoms with van der Waals surface area (Å²) in [5.74, 6) is 2.57. The summed E-state index contributed by atoms with van der Waals surface area (Å²) in [7, 11) is 1.65. The second-order valence-corrected chi connectivity index (χ2v) is 7.24. The Kier molecular flexibility index (Phi) is 7.03. The number of allylic oxidation sites excluding steroid dienone is 1. The first-order valence-electron chi connectivity index (χ1n) is 9.12. The van der Waals surface area contributed by atoms with Crippen LogP contribution in [0.3, 0.4) is 0 Å². The summed E-state index contributed by atoms with van der Waals surface area (Å²) in [6, 6.07) is 17.2. The summed E-state index contributed by atoms with van der Waals surface area (Å²) in [4.78, 5) is 12.2. The first-order valence-corrected chi connectivity index (χ1v) is 10.1. The first-order chi connectivity index (χ1) is 13.7. The van der Waals surface area contributed by atoms with E-state index in [-0.39, 0.29) is 5.78 Å². The Morgan fingerprint density at radius 3 is 2.57 bits per heavy atom. The Morgan fingerprint density at radius 1 is 1.14 bits per heavy atom. The third kappa shape index (κ3) is 4.89. The molecule has 0 saturated carbocycles. The number of carbonyl (C=O) groups excluding carboxylic acids is 1. The van der Waals surface area contributed by atoms with Crippen LogP contribution in [0.1, 0.15) is 23.2 Å². The molecule has 0 unspecified atom stereocenters. The summed E-state index contributed by atoms with van der Waals surface area (Å²) < 4.78 is 7.25. The summed E-state index contributed by atoms with van der Waals surface area (Å²) in [5.41, 5.74) is 1.74. The number of aromatic nitrogens is 3. The van der Waals surface area contributed by atoms with Crippen molar-refractivity contribution in [3.05, 3.63) is 72.8 Å². The van der Waals surface area contributed by atoms with Gasteiger partial charge in [0.25, 0.3) is 0 Å². The van der Waals surface area contributed by atoms with Crippen LogP contribution in [0.2, 0.25) is 0 Å². The van der Waals surface area contributed by atoms with Gasteiger partial charge in [0.05, 0.1) is 7.11 Å². The normalized spacial score (nSPS) is 10.6. The van der Waals surface area contributed by atoms with Gasteiger partial charge in [0.2, 0.25) is 0 Å². The number of Topliss-reactive ketones (excluding diaryl/α,β-unsaturated/α-hetero) is 1. The van der Waals surface area contributed by atoms with Crippen LogP contribution in [0.5, 0.6) is 5.75 Å². The third-order valence-electron chi connectivity index (χ3n) is 4.25. The Labute approximate surface area is 169 Å². The van der Waals surface area contributed by atoms with Gasteiger partial charge in [-0.25, -0.2) is 0 Å². The molecule has 144 valence electrons. The Morgan fingerprint density at radius 2 is 1.89 bits per heavy atom. The predicted molar refractivity (Wildman–Crippen MR) is 113 cm³/mol. The van der Waals surface area contributed by atoms with Crippen LogP contribution >= 0.6 is 11.8 Å². The van der Waals surface area contributed by atoms with Gasteiger partial charge in [-0.1, -0.05) is 48.2 Å². The second-order valence-electron chi connectivity index (χ2n) is 6.18. The highest BCUT2D eigenvalue weighted by atomic mass is 32.2. The molecule has 0 spiro atoms. The molecule has 1 aromatic heterocycles. The molecule has 0 bridgehead atoms. The summed E-state index contributed by atoms with van der Waals surface area (Å²) in [6.45, 7) is 4.47. The number of hydrogen-bond acceptors (Lipinski definition) is 5. The van der Waals surface area contributed by atoms with Gasteiger partial charge in [-0.2, -0.15) is 0 Å². The largest absolute Gasteiger partial charge is 0.497 e. The molecule has 0 aliphatic rings. The standard InChI is InChI=1S/C22H23N3O2S/c1-3-15-25-21(18-11-13-19(27-2)14-12-18)23-24-22(25)28-16-7-10-20(26)17-8-5-4-6-9-17/h3-6,8-9,11-14H,1,7,10,15-16H2,2H3. The number of ketones is 1. The number of benzene rings is 2. The number of carbonyl (C=O) groups is 1. The number of nitrogens with zero attached hydrogens (tertiary/aromatic N) is 3. The van der Waals surface area contributed by atoms with Crippen molar-refractivity contribution in [2.45, 2.75) is 24.5 Å². The molecule has 0 saturated heterocycles. The van der Waals surface area contributed by atoms with Crippen LogP contribution in [0.15, 0.2) is 72.4 Å². The molecule has 0 aliphatic heterocycles. The van der Waals surface area contributed by atoms with E-state index >= 15 is 0 Å². The molecule has 1 heterocycles. The molecule has 0 fully saturated rings. The zero-order chi connectivity index (χ0) is 19.8. The van der Waals surface area contributed by atoms with Gasteiger partial charge in [0, 0.05) is 29.8 Å². The van der Waals surface area contributed by atoms with Gasteiger partial charge < -0.3 is 4.74 Å².